The van der Waals surface area contributed by atoms with Crippen LogP contribution in [0.5, 0.6) is 5.75 Å². The Morgan fingerprint density at radius 3 is 2.96 bits per heavy atom. The molecule has 28 heavy (non-hydrogen) atoms. The Kier molecular flexibility index (Phi) is 4.73. The van der Waals surface area contributed by atoms with E-state index < -0.39 is 10.8 Å². The molecule has 0 aliphatic rings. The number of rotatable bonds is 6. The number of hydrogen-bond acceptors (Lipinski definition) is 6. The monoisotopic (exact) mass is 394 g/mol. The number of aromatic amines is 1. The topological polar surface area (TPSA) is 110 Å². The van der Waals surface area contributed by atoms with Crippen LogP contribution in [0.4, 0.5) is 10.8 Å². The highest BCUT2D eigenvalue weighted by atomic mass is 32.1. The number of nitrogens with zero attached hydrogens (tertiary/aromatic N) is 2. The molecule has 9 heteroatoms. The number of para-hydroxylation sites is 1. The fraction of sp³-hybridized carbons (Fsp3) is 0.0526. The third kappa shape index (κ3) is 3.69. The van der Waals surface area contributed by atoms with E-state index in [1.807, 2.05) is 35.8 Å². The molecular formula is C19H14N4O4S. The number of anilines is 1. The van der Waals surface area contributed by atoms with E-state index in [1.54, 1.807) is 6.07 Å². The van der Waals surface area contributed by atoms with Crippen LogP contribution in [-0.2, 0) is 4.79 Å². The molecule has 0 aliphatic carbocycles. The number of nitro benzene ring substituents is 1. The highest BCUT2D eigenvalue weighted by Gasteiger charge is 2.12. The number of nitrogens with one attached hydrogen (secondary N) is 2. The summed E-state index contributed by atoms with van der Waals surface area (Å²) in [6, 6.07) is 13.6. The van der Waals surface area contributed by atoms with E-state index in [0.717, 1.165) is 22.2 Å². The van der Waals surface area contributed by atoms with Gasteiger partial charge in [-0.2, -0.15) is 0 Å². The number of H-pyrrole nitrogens is 1. The molecule has 0 aliphatic heterocycles. The highest BCUT2D eigenvalue weighted by molar-refractivity contribution is 7.14. The lowest BCUT2D eigenvalue weighted by Gasteiger charge is -2.05. The normalized spacial score (nSPS) is 10.7. The van der Waals surface area contributed by atoms with Crippen molar-refractivity contribution in [2.45, 2.75) is 0 Å². The van der Waals surface area contributed by atoms with Gasteiger partial charge in [-0.05, 0) is 12.1 Å². The van der Waals surface area contributed by atoms with Crippen molar-refractivity contribution in [2.24, 2.45) is 0 Å². The van der Waals surface area contributed by atoms with Crippen molar-refractivity contribution in [3.8, 4) is 17.0 Å². The molecule has 140 valence electrons. The van der Waals surface area contributed by atoms with Gasteiger partial charge in [0, 0.05) is 34.1 Å². The number of amides is 1. The molecule has 2 aromatic heterocycles. The molecule has 8 nitrogen and oxygen atoms in total. The lowest BCUT2D eigenvalue weighted by Crippen LogP contribution is -2.20. The summed E-state index contributed by atoms with van der Waals surface area (Å²) in [4.78, 5) is 30.0. The minimum atomic E-state index is -0.519. The van der Waals surface area contributed by atoms with Crippen molar-refractivity contribution >= 4 is 39.0 Å². The van der Waals surface area contributed by atoms with Gasteiger partial charge in [0.25, 0.3) is 11.6 Å². The number of thiazole rings is 1. The van der Waals surface area contributed by atoms with E-state index in [1.165, 1.54) is 29.5 Å². The van der Waals surface area contributed by atoms with Gasteiger partial charge in [-0.15, -0.1) is 11.3 Å². The zero-order valence-corrected chi connectivity index (χ0v) is 15.2. The quantitative estimate of drug-likeness (QED) is 0.376. The molecule has 0 saturated carbocycles. The summed E-state index contributed by atoms with van der Waals surface area (Å²) in [6.45, 7) is -0.275. The van der Waals surface area contributed by atoms with Crippen molar-refractivity contribution in [1.82, 2.24) is 9.97 Å². The first-order valence-corrected chi connectivity index (χ1v) is 9.17. The van der Waals surface area contributed by atoms with E-state index in [0.29, 0.717) is 5.13 Å². The van der Waals surface area contributed by atoms with Gasteiger partial charge < -0.3 is 9.72 Å². The van der Waals surface area contributed by atoms with Crippen LogP contribution in [0.2, 0.25) is 0 Å². The van der Waals surface area contributed by atoms with Crippen molar-refractivity contribution in [2.75, 3.05) is 11.9 Å². The zero-order valence-electron chi connectivity index (χ0n) is 14.4. The average Bonchev–Trinajstić information content (AvgIpc) is 3.33. The second-order valence-corrected chi connectivity index (χ2v) is 6.74. The van der Waals surface area contributed by atoms with Gasteiger partial charge in [0.2, 0.25) is 0 Å². The summed E-state index contributed by atoms with van der Waals surface area (Å²) in [7, 11) is 0. The van der Waals surface area contributed by atoms with E-state index >= 15 is 0 Å². The molecule has 2 aromatic carbocycles. The first kappa shape index (κ1) is 17.7. The smallest absolute Gasteiger partial charge is 0.273 e. The Morgan fingerprint density at radius 2 is 2.11 bits per heavy atom. The molecule has 0 bridgehead atoms. The molecule has 0 fully saturated rings. The van der Waals surface area contributed by atoms with Crippen molar-refractivity contribution < 1.29 is 14.5 Å². The third-order valence-electron chi connectivity index (χ3n) is 4.01. The number of non-ortho nitro benzene ring substituents is 1. The lowest BCUT2D eigenvalue weighted by atomic mass is 10.1. The first-order valence-electron chi connectivity index (χ1n) is 8.29. The van der Waals surface area contributed by atoms with E-state index in [4.69, 9.17) is 4.74 Å². The standard InChI is InChI=1S/C19H14N4O4S/c24-18(10-27-13-5-3-4-12(8-13)23(25)26)22-19-21-17(11-28-19)15-9-20-16-7-2-1-6-14(15)16/h1-9,11,20H,10H2,(H,21,22,24). The van der Waals surface area contributed by atoms with Crippen LogP contribution < -0.4 is 10.1 Å². The number of fused-ring (bicyclic) bond motifs is 1. The number of aromatic nitrogens is 2. The molecular weight excluding hydrogens is 380 g/mol. The fourth-order valence-electron chi connectivity index (χ4n) is 2.73. The van der Waals surface area contributed by atoms with E-state index in [9.17, 15) is 14.9 Å². The van der Waals surface area contributed by atoms with Crippen LogP contribution in [-0.4, -0.2) is 27.4 Å². The second-order valence-electron chi connectivity index (χ2n) is 5.88. The van der Waals surface area contributed by atoms with Crippen LogP contribution in [0.3, 0.4) is 0 Å². The Labute approximate surface area is 163 Å². The molecule has 0 unspecified atom stereocenters. The van der Waals surface area contributed by atoms with Crippen molar-refractivity contribution in [3.05, 3.63) is 70.2 Å². The second kappa shape index (κ2) is 7.49. The van der Waals surface area contributed by atoms with Gasteiger partial charge in [0.15, 0.2) is 11.7 Å². The van der Waals surface area contributed by atoms with Crippen LogP contribution in [0.15, 0.2) is 60.1 Å². The van der Waals surface area contributed by atoms with Crippen LogP contribution in [0.25, 0.3) is 22.2 Å². The van der Waals surface area contributed by atoms with Gasteiger partial charge in [-0.3, -0.25) is 20.2 Å². The third-order valence-corrected chi connectivity index (χ3v) is 4.77. The summed E-state index contributed by atoms with van der Waals surface area (Å²) in [5.41, 5.74) is 2.64. The average molecular weight is 394 g/mol. The molecule has 0 spiro atoms. The molecule has 0 atom stereocenters. The summed E-state index contributed by atoms with van der Waals surface area (Å²) >= 11 is 1.31. The Balaban J connectivity index is 1.40. The van der Waals surface area contributed by atoms with Crippen molar-refractivity contribution in [3.63, 3.8) is 0 Å². The van der Waals surface area contributed by atoms with Gasteiger partial charge >= 0.3 is 0 Å². The number of hydrogen-bond donors (Lipinski definition) is 2. The predicted octanol–water partition coefficient (Wildman–Crippen LogP) is 4.22. The van der Waals surface area contributed by atoms with Crippen molar-refractivity contribution in [1.29, 1.82) is 0 Å². The molecule has 2 heterocycles. The molecule has 2 N–H and O–H groups in total. The molecule has 0 saturated heterocycles. The largest absolute Gasteiger partial charge is 0.484 e. The van der Waals surface area contributed by atoms with Crippen LogP contribution in [0.1, 0.15) is 0 Å². The fourth-order valence-corrected chi connectivity index (χ4v) is 3.46. The molecule has 1 amide bonds. The minimum absolute atomic E-state index is 0.0961. The summed E-state index contributed by atoms with van der Waals surface area (Å²) in [5, 5.41) is 16.8. The predicted molar refractivity (Wildman–Crippen MR) is 107 cm³/mol. The van der Waals surface area contributed by atoms with E-state index in [-0.39, 0.29) is 18.0 Å². The highest BCUT2D eigenvalue weighted by Crippen LogP contribution is 2.30. The van der Waals surface area contributed by atoms with Gasteiger partial charge in [0.05, 0.1) is 16.7 Å². The Hall–Kier alpha value is -3.72. The molecule has 0 radical (unpaired) electrons. The zero-order chi connectivity index (χ0) is 19.5. The lowest BCUT2D eigenvalue weighted by molar-refractivity contribution is -0.384. The summed E-state index contributed by atoms with van der Waals surface area (Å²) < 4.78 is 5.32. The number of nitro groups is 1. The number of benzene rings is 2. The van der Waals surface area contributed by atoms with Gasteiger partial charge in [0.1, 0.15) is 5.75 Å². The van der Waals surface area contributed by atoms with Crippen LogP contribution in [0, 0.1) is 10.1 Å². The number of carbonyl (C=O) groups excluding carboxylic acids is 1. The Bertz CT molecular complexity index is 1170. The SMILES string of the molecule is O=C(COc1cccc([N+](=O)[O-])c1)Nc1nc(-c2c[nH]c3ccccc23)cs1. The van der Waals surface area contributed by atoms with Gasteiger partial charge in [-0.1, -0.05) is 24.3 Å². The summed E-state index contributed by atoms with van der Waals surface area (Å²) in [5.74, 6) is -0.144. The minimum Gasteiger partial charge on any atom is -0.484 e. The molecule has 4 aromatic rings. The maximum absolute atomic E-state index is 12.1. The first-order chi connectivity index (χ1) is 13.6. The Morgan fingerprint density at radius 1 is 1.25 bits per heavy atom. The summed E-state index contributed by atoms with van der Waals surface area (Å²) in [6.07, 6.45) is 1.89. The molecule has 4 rings (SSSR count). The van der Waals surface area contributed by atoms with Gasteiger partial charge in [-0.25, -0.2) is 4.98 Å². The maximum atomic E-state index is 12.1. The number of ether oxygens (including phenoxy) is 1. The van der Waals surface area contributed by atoms with E-state index in [2.05, 4.69) is 15.3 Å². The number of carbonyl (C=O) groups is 1. The van der Waals surface area contributed by atoms with Crippen LogP contribution >= 0.6 is 11.3 Å². The maximum Gasteiger partial charge on any atom is 0.273 e.